The molecule has 1 amide bonds. The maximum atomic E-state index is 13.4. The number of H-pyrrole nitrogens is 1. The van der Waals surface area contributed by atoms with Crippen LogP contribution in [0.3, 0.4) is 0 Å². The van der Waals surface area contributed by atoms with E-state index in [4.69, 9.17) is 0 Å². The van der Waals surface area contributed by atoms with Crippen molar-refractivity contribution in [2.75, 3.05) is 6.54 Å². The maximum Gasteiger partial charge on any atom is 0.273 e. The summed E-state index contributed by atoms with van der Waals surface area (Å²) in [5, 5.41) is 17.6. The number of amides is 1. The third kappa shape index (κ3) is 2.77. The fraction of sp³-hybridized carbons (Fsp3) is 0.238. The van der Waals surface area contributed by atoms with Crippen molar-refractivity contribution < 1.29 is 14.3 Å². The van der Waals surface area contributed by atoms with Crippen LogP contribution in [0.25, 0.3) is 11.3 Å². The molecule has 138 valence electrons. The lowest BCUT2D eigenvalue weighted by atomic mass is 9.95. The highest BCUT2D eigenvalue weighted by atomic mass is 19.1. The number of hydrogen-bond acceptors (Lipinski definition) is 3. The molecule has 0 aliphatic carbocycles. The predicted octanol–water partition coefficient (Wildman–Crippen LogP) is 4.19. The fourth-order valence-electron chi connectivity index (χ4n) is 3.70. The summed E-state index contributed by atoms with van der Waals surface area (Å²) in [6.07, 6.45) is 0.798. The number of aromatic hydroxyl groups is 1. The number of rotatable bonds is 4. The molecular formula is C21H20FN3O2. The van der Waals surface area contributed by atoms with Crippen molar-refractivity contribution in [1.82, 2.24) is 15.1 Å². The molecule has 0 bridgehead atoms. The van der Waals surface area contributed by atoms with E-state index in [-0.39, 0.29) is 23.5 Å². The molecule has 3 aromatic rings. The third-order valence-corrected chi connectivity index (χ3v) is 4.92. The number of carbonyl (C=O) groups is 1. The fourth-order valence-corrected chi connectivity index (χ4v) is 3.70. The number of phenolic OH excluding ortho intramolecular Hbond substituents is 1. The molecule has 1 aliphatic rings. The van der Waals surface area contributed by atoms with E-state index < -0.39 is 0 Å². The Labute approximate surface area is 156 Å². The summed E-state index contributed by atoms with van der Waals surface area (Å²) in [5.41, 5.74) is 4.06. The van der Waals surface area contributed by atoms with Gasteiger partial charge in [0.2, 0.25) is 0 Å². The Kier molecular flexibility index (Phi) is 4.18. The van der Waals surface area contributed by atoms with Crippen molar-refractivity contribution in [3.05, 3.63) is 70.7 Å². The average Bonchev–Trinajstić information content (AvgIpc) is 3.19. The van der Waals surface area contributed by atoms with Crippen LogP contribution >= 0.6 is 0 Å². The van der Waals surface area contributed by atoms with Gasteiger partial charge in [-0.2, -0.15) is 5.10 Å². The van der Waals surface area contributed by atoms with Gasteiger partial charge in [0, 0.05) is 17.7 Å². The van der Waals surface area contributed by atoms with Crippen LogP contribution in [0.5, 0.6) is 5.75 Å². The van der Waals surface area contributed by atoms with Gasteiger partial charge in [-0.15, -0.1) is 0 Å². The monoisotopic (exact) mass is 365 g/mol. The first-order valence-corrected chi connectivity index (χ1v) is 8.96. The summed E-state index contributed by atoms with van der Waals surface area (Å²) in [6, 6.07) is 11.1. The van der Waals surface area contributed by atoms with Crippen molar-refractivity contribution in [1.29, 1.82) is 0 Å². The first-order chi connectivity index (χ1) is 13.0. The summed E-state index contributed by atoms with van der Waals surface area (Å²) in [5.74, 6) is -0.352. The number of carbonyl (C=O) groups excluding carboxylic acids is 1. The van der Waals surface area contributed by atoms with Crippen molar-refractivity contribution >= 4 is 5.91 Å². The molecule has 6 heteroatoms. The lowest BCUT2D eigenvalue weighted by Crippen LogP contribution is -2.30. The minimum atomic E-state index is -0.373. The van der Waals surface area contributed by atoms with Crippen molar-refractivity contribution in [3.63, 3.8) is 0 Å². The quantitative estimate of drug-likeness (QED) is 0.729. The number of phenols is 1. The number of aryl methyl sites for hydroxylation is 1. The Morgan fingerprint density at radius 1 is 1.22 bits per heavy atom. The minimum Gasteiger partial charge on any atom is -0.507 e. The highest BCUT2D eigenvalue weighted by molar-refractivity contribution is 6.00. The second kappa shape index (κ2) is 6.54. The van der Waals surface area contributed by atoms with Gasteiger partial charge in [0.1, 0.15) is 23.0 Å². The number of hydrogen-bond donors (Lipinski definition) is 2. The largest absolute Gasteiger partial charge is 0.507 e. The molecule has 4 rings (SSSR count). The van der Waals surface area contributed by atoms with Crippen molar-refractivity contribution in [2.24, 2.45) is 0 Å². The van der Waals surface area contributed by atoms with Crippen LogP contribution in [-0.4, -0.2) is 32.7 Å². The summed E-state index contributed by atoms with van der Waals surface area (Å²) < 4.78 is 13.4. The SMILES string of the molecule is CCCN1C(=O)c2[nH]nc(-c3cc(C)ccc3O)c2[C@H]1c1ccc(F)cc1. The predicted molar refractivity (Wildman–Crippen MR) is 100.0 cm³/mol. The molecule has 1 aliphatic heterocycles. The standard InChI is InChI=1S/C21H20FN3O2/c1-3-10-25-20(13-5-7-14(22)8-6-13)17-18(23-24-19(17)21(25)27)15-11-12(2)4-9-16(15)26/h4-9,11,20,26H,3,10H2,1-2H3,(H,23,24)/t20-/m1/s1. The zero-order valence-electron chi connectivity index (χ0n) is 15.2. The van der Waals surface area contributed by atoms with Gasteiger partial charge in [0.15, 0.2) is 0 Å². The van der Waals surface area contributed by atoms with E-state index in [0.717, 1.165) is 23.1 Å². The maximum absolute atomic E-state index is 13.4. The van der Waals surface area contributed by atoms with E-state index >= 15 is 0 Å². The van der Waals surface area contributed by atoms with Crippen molar-refractivity contribution in [3.8, 4) is 17.0 Å². The van der Waals surface area contributed by atoms with Crippen LogP contribution in [0.4, 0.5) is 4.39 Å². The number of nitrogens with one attached hydrogen (secondary N) is 1. The Morgan fingerprint density at radius 3 is 2.67 bits per heavy atom. The molecule has 2 aromatic carbocycles. The Hall–Kier alpha value is -3.15. The van der Waals surface area contributed by atoms with Crippen LogP contribution in [0.2, 0.25) is 0 Å². The van der Waals surface area contributed by atoms with Gasteiger partial charge >= 0.3 is 0 Å². The molecule has 0 saturated heterocycles. The van der Waals surface area contributed by atoms with Gasteiger partial charge < -0.3 is 10.0 Å². The van der Waals surface area contributed by atoms with Gasteiger partial charge in [0.25, 0.3) is 5.91 Å². The van der Waals surface area contributed by atoms with E-state index in [1.165, 1.54) is 12.1 Å². The third-order valence-electron chi connectivity index (χ3n) is 4.92. The Morgan fingerprint density at radius 2 is 1.96 bits per heavy atom. The van der Waals surface area contributed by atoms with Gasteiger partial charge in [-0.05, 0) is 43.2 Å². The summed E-state index contributed by atoms with van der Waals surface area (Å²) in [4.78, 5) is 14.7. The van der Waals surface area contributed by atoms with Crippen LogP contribution in [-0.2, 0) is 0 Å². The molecule has 5 nitrogen and oxygen atoms in total. The number of benzene rings is 2. The molecule has 0 fully saturated rings. The topological polar surface area (TPSA) is 69.2 Å². The molecule has 0 unspecified atom stereocenters. The molecular weight excluding hydrogens is 345 g/mol. The molecule has 1 aromatic heterocycles. The normalized spacial score (nSPS) is 16.0. The first kappa shape index (κ1) is 17.3. The molecule has 2 N–H and O–H groups in total. The number of halogens is 1. The molecule has 0 radical (unpaired) electrons. The lowest BCUT2D eigenvalue weighted by Gasteiger charge is -2.26. The number of aromatic amines is 1. The Balaban J connectivity index is 1.92. The second-order valence-electron chi connectivity index (χ2n) is 6.83. The molecule has 1 atom stereocenters. The van der Waals surface area contributed by atoms with E-state index in [9.17, 15) is 14.3 Å². The van der Waals surface area contributed by atoms with Gasteiger partial charge in [-0.1, -0.05) is 30.7 Å². The van der Waals surface area contributed by atoms with E-state index in [0.29, 0.717) is 23.5 Å². The van der Waals surface area contributed by atoms with Crippen molar-refractivity contribution in [2.45, 2.75) is 26.3 Å². The number of aromatic nitrogens is 2. The first-order valence-electron chi connectivity index (χ1n) is 8.96. The van der Waals surface area contributed by atoms with Gasteiger partial charge in [0.05, 0.1) is 6.04 Å². The highest BCUT2D eigenvalue weighted by Gasteiger charge is 2.42. The van der Waals surface area contributed by atoms with Crippen LogP contribution in [0.15, 0.2) is 42.5 Å². The van der Waals surface area contributed by atoms with Crippen LogP contribution in [0.1, 0.15) is 46.6 Å². The molecule has 0 saturated carbocycles. The molecule has 0 spiro atoms. The minimum absolute atomic E-state index is 0.106. The van der Waals surface area contributed by atoms with E-state index in [1.807, 2.05) is 26.0 Å². The van der Waals surface area contributed by atoms with Gasteiger partial charge in [-0.3, -0.25) is 9.89 Å². The molecule has 27 heavy (non-hydrogen) atoms. The highest BCUT2D eigenvalue weighted by Crippen LogP contribution is 2.44. The molecule has 2 heterocycles. The van der Waals surface area contributed by atoms with Crippen LogP contribution in [0, 0.1) is 12.7 Å². The zero-order valence-corrected chi connectivity index (χ0v) is 15.2. The van der Waals surface area contributed by atoms with Gasteiger partial charge in [-0.25, -0.2) is 4.39 Å². The van der Waals surface area contributed by atoms with Crippen LogP contribution < -0.4 is 0 Å². The Bertz CT molecular complexity index is 1010. The van der Waals surface area contributed by atoms with E-state index in [1.54, 1.807) is 23.1 Å². The zero-order chi connectivity index (χ0) is 19.1. The van der Waals surface area contributed by atoms with E-state index in [2.05, 4.69) is 10.2 Å². The number of nitrogens with zero attached hydrogens (tertiary/aromatic N) is 2. The lowest BCUT2D eigenvalue weighted by molar-refractivity contribution is 0.0744. The smallest absolute Gasteiger partial charge is 0.273 e. The summed E-state index contributed by atoms with van der Waals surface area (Å²) in [6.45, 7) is 4.51. The summed E-state index contributed by atoms with van der Waals surface area (Å²) in [7, 11) is 0. The average molecular weight is 365 g/mol. The second-order valence-corrected chi connectivity index (χ2v) is 6.83. The number of fused-ring (bicyclic) bond motifs is 1. The summed E-state index contributed by atoms with van der Waals surface area (Å²) >= 11 is 0.